The Kier molecular flexibility index (Phi) is 12.9. The van der Waals surface area contributed by atoms with Crippen LogP contribution in [0.5, 0.6) is 5.75 Å². The molecule has 5 atom stereocenters. The van der Waals surface area contributed by atoms with Crippen LogP contribution in [-0.2, 0) is 35.0 Å². The molecule has 5 unspecified atom stereocenters. The van der Waals surface area contributed by atoms with Gasteiger partial charge in [0.25, 0.3) is 3.79 Å². The van der Waals surface area contributed by atoms with Gasteiger partial charge in [-0.3, -0.25) is 5.41 Å². The molecule has 11 nitrogen and oxygen atoms in total. The molecule has 1 saturated heterocycles. The Hall–Kier alpha value is -4.65. The molecule has 4 aromatic carbocycles. The van der Waals surface area contributed by atoms with E-state index in [2.05, 4.69) is 0 Å². The Labute approximate surface area is 308 Å². The topological polar surface area (TPSA) is 140 Å². The highest BCUT2D eigenvalue weighted by Gasteiger charge is 2.53. The van der Waals surface area contributed by atoms with Gasteiger partial charge in [0.2, 0.25) is 12.2 Å². The zero-order valence-corrected chi connectivity index (χ0v) is 29.3. The first-order valence-electron chi connectivity index (χ1n) is 15.5. The van der Waals surface area contributed by atoms with E-state index in [9.17, 15) is 14.4 Å². The van der Waals surface area contributed by atoms with E-state index < -0.39 is 64.9 Å². The summed E-state index contributed by atoms with van der Waals surface area (Å²) in [7, 11) is 1.53. The molecule has 0 amide bonds. The molecule has 5 rings (SSSR count). The molecule has 1 fully saturated rings. The Morgan fingerprint density at radius 3 is 1.65 bits per heavy atom. The van der Waals surface area contributed by atoms with E-state index in [-0.39, 0.29) is 23.3 Å². The van der Waals surface area contributed by atoms with Crippen LogP contribution < -0.4 is 4.74 Å². The number of rotatable bonds is 12. The summed E-state index contributed by atoms with van der Waals surface area (Å²) in [5.74, 6) is -2.56. The number of esters is 3. The number of halogens is 3. The zero-order chi connectivity index (χ0) is 36.4. The van der Waals surface area contributed by atoms with Gasteiger partial charge in [-0.1, -0.05) is 102 Å². The lowest BCUT2D eigenvalue weighted by molar-refractivity contribution is -0.289. The van der Waals surface area contributed by atoms with E-state index >= 15 is 0 Å². The first-order valence-corrected chi connectivity index (χ1v) is 16.6. The van der Waals surface area contributed by atoms with Crippen molar-refractivity contribution in [2.75, 3.05) is 13.7 Å². The highest BCUT2D eigenvalue weighted by atomic mass is 35.6. The van der Waals surface area contributed by atoms with Gasteiger partial charge < -0.3 is 33.2 Å². The molecule has 1 aliphatic rings. The van der Waals surface area contributed by atoms with Crippen LogP contribution in [0.4, 0.5) is 0 Å². The van der Waals surface area contributed by atoms with Crippen molar-refractivity contribution in [3.8, 4) is 5.75 Å². The molecule has 14 heteroatoms. The molecule has 1 aliphatic heterocycles. The maximum atomic E-state index is 13.6. The summed E-state index contributed by atoms with van der Waals surface area (Å²) < 4.78 is 38.8. The lowest BCUT2D eigenvalue weighted by Crippen LogP contribution is -2.63. The standard InChI is InChI=1S/C37H32Cl3NO10/c1-45-27-19-17-23(18-20-27)21-46-30-29(49-33(43)25-13-7-3-8-14-25)28(22-47-32(42)24-11-5-2-6-12-24)48-35(51-36(41)37(38,39)40)31(30)50-34(44)26-15-9-4-10-16-26/h2-20,28-31,35,41H,21-22H2,1H3. The molecule has 1 heterocycles. The summed E-state index contributed by atoms with van der Waals surface area (Å²) in [6.07, 6.45) is -7.30. The molecular weight excluding hydrogens is 725 g/mol. The molecule has 0 bridgehead atoms. The molecule has 0 aliphatic carbocycles. The van der Waals surface area contributed by atoms with Gasteiger partial charge in [0.05, 0.1) is 30.4 Å². The van der Waals surface area contributed by atoms with Gasteiger partial charge in [-0.2, -0.15) is 0 Å². The maximum absolute atomic E-state index is 13.6. The third-order valence-electron chi connectivity index (χ3n) is 7.58. The average Bonchev–Trinajstić information content (AvgIpc) is 3.15. The van der Waals surface area contributed by atoms with Crippen LogP contribution in [-0.4, -0.2) is 72.0 Å². The predicted octanol–water partition coefficient (Wildman–Crippen LogP) is 6.98. The lowest BCUT2D eigenvalue weighted by Gasteiger charge is -2.44. The molecule has 4 aromatic rings. The first kappa shape index (κ1) is 37.6. The van der Waals surface area contributed by atoms with Gasteiger partial charge in [-0.25, -0.2) is 14.4 Å². The Balaban J connectivity index is 1.55. The summed E-state index contributed by atoms with van der Waals surface area (Å²) in [6, 6.07) is 31.3. The van der Waals surface area contributed by atoms with Crippen molar-refractivity contribution in [2.24, 2.45) is 0 Å². The van der Waals surface area contributed by atoms with Crippen LogP contribution in [0, 0.1) is 5.41 Å². The normalized spacial score (nSPS) is 20.0. The molecule has 51 heavy (non-hydrogen) atoms. The van der Waals surface area contributed by atoms with Gasteiger partial charge in [-0.15, -0.1) is 0 Å². The number of methoxy groups -OCH3 is 1. The number of ether oxygens (including phenoxy) is 7. The van der Waals surface area contributed by atoms with Crippen LogP contribution in [0.25, 0.3) is 0 Å². The van der Waals surface area contributed by atoms with Crippen molar-refractivity contribution < 1.29 is 47.5 Å². The molecule has 0 aromatic heterocycles. The third kappa shape index (κ3) is 10.2. The van der Waals surface area contributed by atoms with Crippen molar-refractivity contribution in [2.45, 2.75) is 41.1 Å². The number of alkyl halides is 3. The summed E-state index contributed by atoms with van der Waals surface area (Å²) >= 11 is 17.9. The average molecular weight is 757 g/mol. The zero-order valence-electron chi connectivity index (χ0n) is 27.0. The highest BCUT2D eigenvalue weighted by molar-refractivity contribution is 6.76. The fourth-order valence-corrected chi connectivity index (χ4v) is 5.14. The van der Waals surface area contributed by atoms with Crippen molar-refractivity contribution in [1.29, 1.82) is 5.41 Å². The van der Waals surface area contributed by atoms with E-state index in [1.807, 2.05) is 0 Å². The summed E-state index contributed by atoms with van der Waals surface area (Å²) in [5, 5.41) is 8.32. The summed E-state index contributed by atoms with van der Waals surface area (Å²) in [6.45, 7) is -0.595. The lowest BCUT2D eigenvalue weighted by atomic mass is 9.97. The van der Waals surface area contributed by atoms with Gasteiger partial charge in [0.15, 0.2) is 12.2 Å². The second kappa shape index (κ2) is 17.5. The van der Waals surface area contributed by atoms with E-state index in [0.29, 0.717) is 11.3 Å². The number of carbonyl (C=O) groups excluding carboxylic acids is 3. The van der Waals surface area contributed by atoms with Gasteiger partial charge >= 0.3 is 17.9 Å². The van der Waals surface area contributed by atoms with Crippen molar-refractivity contribution in [3.63, 3.8) is 0 Å². The van der Waals surface area contributed by atoms with E-state index in [0.717, 1.165) is 0 Å². The second-order valence-electron chi connectivity index (χ2n) is 11.0. The van der Waals surface area contributed by atoms with Crippen LogP contribution >= 0.6 is 34.8 Å². The minimum atomic E-state index is -2.34. The van der Waals surface area contributed by atoms with Gasteiger partial charge in [0.1, 0.15) is 24.6 Å². The second-order valence-corrected chi connectivity index (χ2v) is 13.3. The highest BCUT2D eigenvalue weighted by Crippen LogP contribution is 2.35. The fraction of sp³-hybridized carbons (Fsp3) is 0.243. The largest absolute Gasteiger partial charge is 0.497 e. The third-order valence-corrected chi connectivity index (χ3v) is 8.09. The van der Waals surface area contributed by atoms with Gasteiger partial charge in [-0.05, 0) is 54.1 Å². The van der Waals surface area contributed by atoms with Gasteiger partial charge in [0, 0.05) is 0 Å². The molecule has 0 saturated carbocycles. The summed E-state index contributed by atoms with van der Waals surface area (Å²) in [4.78, 5) is 40.1. The minimum absolute atomic E-state index is 0.0986. The van der Waals surface area contributed by atoms with Crippen LogP contribution in [0.1, 0.15) is 36.6 Å². The molecule has 1 N–H and O–H groups in total. The van der Waals surface area contributed by atoms with Crippen LogP contribution in [0.3, 0.4) is 0 Å². The number of benzene rings is 4. The Morgan fingerprint density at radius 1 is 0.667 bits per heavy atom. The summed E-state index contributed by atoms with van der Waals surface area (Å²) in [5.41, 5.74) is 1.28. The number of hydrogen-bond acceptors (Lipinski definition) is 11. The van der Waals surface area contributed by atoms with E-state index in [4.69, 9.17) is 73.4 Å². The smallest absolute Gasteiger partial charge is 0.338 e. The van der Waals surface area contributed by atoms with Crippen molar-refractivity contribution in [1.82, 2.24) is 0 Å². The predicted molar refractivity (Wildman–Crippen MR) is 187 cm³/mol. The van der Waals surface area contributed by atoms with E-state index in [1.165, 1.54) is 19.2 Å². The van der Waals surface area contributed by atoms with Crippen molar-refractivity contribution >= 4 is 58.6 Å². The van der Waals surface area contributed by atoms with Crippen molar-refractivity contribution in [3.05, 3.63) is 138 Å². The number of carbonyl (C=O) groups is 3. The monoisotopic (exact) mass is 755 g/mol. The minimum Gasteiger partial charge on any atom is -0.497 e. The fourth-order valence-electron chi connectivity index (χ4n) is 5.01. The molecular formula is C37H32Cl3NO10. The number of hydrogen-bond donors (Lipinski definition) is 1. The maximum Gasteiger partial charge on any atom is 0.338 e. The SMILES string of the molecule is COc1ccc(COC2C(OC(=O)c3ccccc3)C(COC(=O)c3ccccc3)OC(OC(=N)C(Cl)(Cl)Cl)C2OC(=O)c2ccccc2)cc1. The molecule has 266 valence electrons. The quantitative estimate of drug-likeness (QED) is 0.0530. The Morgan fingerprint density at radius 2 is 1.16 bits per heavy atom. The first-order chi connectivity index (χ1) is 24.5. The molecule has 0 radical (unpaired) electrons. The Bertz CT molecular complexity index is 1770. The van der Waals surface area contributed by atoms with Crippen LogP contribution in [0.15, 0.2) is 115 Å². The van der Waals surface area contributed by atoms with Crippen LogP contribution in [0.2, 0.25) is 0 Å². The van der Waals surface area contributed by atoms with E-state index in [1.54, 1.807) is 103 Å². The number of nitrogens with one attached hydrogen (secondary N) is 1. The molecule has 0 spiro atoms.